The van der Waals surface area contributed by atoms with Crippen molar-refractivity contribution in [3.05, 3.63) is 21.4 Å². The molecule has 20 heavy (non-hydrogen) atoms. The van der Waals surface area contributed by atoms with E-state index in [1.54, 1.807) is 11.3 Å². The quantitative estimate of drug-likeness (QED) is 0.838. The molecule has 0 radical (unpaired) electrons. The van der Waals surface area contributed by atoms with Crippen molar-refractivity contribution in [3.63, 3.8) is 0 Å². The summed E-state index contributed by atoms with van der Waals surface area (Å²) in [4.78, 5) is 14.7. The summed E-state index contributed by atoms with van der Waals surface area (Å²) < 4.78 is 0. The fourth-order valence-corrected chi connectivity index (χ4v) is 3.68. The van der Waals surface area contributed by atoms with Crippen molar-refractivity contribution in [2.24, 2.45) is 11.7 Å². The average Bonchev–Trinajstić information content (AvgIpc) is 2.70. The minimum Gasteiger partial charge on any atom is -0.345 e. The first-order chi connectivity index (χ1) is 9.46. The van der Waals surface area contributed by atoms with Gasteiger partial charge in [-0.15, -0.1) is 11.3 Å². The second-order valence-electron chi connectivity index (χ2n) is 6.35. The lowest BCUT2D eigenvalue weighted by molar-refractivity contribution is 0.0887. The van der Waals surface area contributed by atoms with Crippen LogP contribution in [0.5, 0.6) is 0 Å². The molecule has 1 unspecified atom stereocenters. The van der Waals surface area contributed by atoms with Crippen LogP contribution < -0.4 is 11.1 Å². The molecule has 1 atom stereocenters. The summed E-state index contributed by atoms with van der Waals surface area (Å²) in [5.74, 6) is 0.346. The van der Waals surface area contributed by atoms with Crippen LogP contribution in [-0.2, 0) is 12.8 Å². The topological polar surface area (TPSA) is 55.1 Å². The van der Waals surface area contributed by atoms with Gasteiger partial charge < -0.3 is 11.1 Å². The first kappa shape index (κ1) is 15.5. The Bertz CT molecular complexity index is 457. The maximum Gasteiger partial charge on any atom is 0.261 e. The molecule has 0 aliphatic heterocycles. The number of carbonyl (C=O) groups excluding carboxylic acids is 1. The fourth-order valence-electron chi connectivity index (χ4n) is 2.53. The Hall–Kier alpha value is -0.870. The highest BCUT2D eigenvalue weighted by molar-refractivity contribution is 7.14. The zero-order valence-electron chi connectivity index (χ0n) is 12.8. The Morgan fingerprint density at radius 1 is 1.40 bits per heavy atom. The van der Waals surface area contributed by atoms with Crippen molar-refractivity contribution in [1.29, 1.82) is 0 Å². The lowest BCUT2D eigenvalue weighted by Crippen LogP contribution is -2.54. The SMILES string of the molecule is CC(C)C(C)(CN)NC(=O)c1cc2c(s1)CCCCC2. The molecule has 1 aliphatic rings. The van der Waals surface area contributed by atoms with E-state index in [0.717, 1.165) is 17.7 Å². The van der Waals surface area contributed by atoms with E-state index in [4.69, 9.17) is 5.73 Å². The zero-order chi connectivity index (χ0) is 14.8. The van der Waals surface area contributed by atoms with Crippen LogP contribution in [0.3, 0.4) is 0 Å². The van der Waals surface area contributed by atoms with Gasteiger partial charge in [-0.3, -0.25) is 4.79 Å². The summed E-state index contributed by atoms with van der Waals surface area (Å²) >= 11 is 1.67. The smallest absolute Gasteiger partial charge is 0.261 e. The number of fused-ring (bicyclic) bond motifs is 1. The van der Waals surface area contributed by atoms with E-state index in [-0.39, 0.29) is 11.4 Å². The summed E-state index contributed by atoms with van der Waals surface area (Å²) in [7, 11) is 0. The molecule has 0 bridgehead atoms. The number of nitrogens with two attached hydrogens (primary N) is 1. The Morgan fingerprint density at radius 2 is 2.10 bits per heavy atom. The molecule has 0 fully saturated rings. The third-order valence-corrected chi connectivity index (χ3v) is 5.80. The maximum absolute atomic E-state index is 12.5. The molecule has 112 valence electrons. The van der Waals surface area contributed by atoms with Gasteiger partial charge in [0.15, 0.2) is 0 Å². The van der Waals surface area contributed by atoms with Crippen LogP contribution >= 0.6 is 11.3 Å². The minimum absolute atomic E-state index is 0.0322. The summed E-state index contributed by atoms with van der Waals surface area (Å²) in [5, 5.41) is 3.13. The molecule has 0 saturated carbocycles. The van der Waals surface area contributed by atoms with E-state index in [0.29, 0.717) is 12.5 Å². The van der Waals surface area contributed by atoms with E-state index < -0.39 is 0 Å². The van der Waals surface area contributed by atoms with Crippen LogP contribution in [0.2, 0.25) is 0 Å². The molecular weight excluding hydrogens is 268 g/mol. The number of rotatable bonds is 4. The van der Waals surface area contributed by atoms with Gasteiger partial charge in [-0.1, -0.05) is 20.3 Å². The van der Waals surface area contributed by atoms with Gasteiger partial charge in [0.1, 0.15) is 0 Å². The molecule has 0 aromatic carbocycles. The van der Waals surface area contributed by atoms with Crippen LogP contribution in [0.4, 0.5) is 0 Å². The molecule has 3 N–H and O–H groups in total. The average molecular weight is 294 g/mol. The fraction of sp³-hybridized carbons (Fsp3) is 0.688. The van der Waals surface area contributed by atoms with Crippen molar-refractivity contribution < 1.29 is 4.79 Å². The van der Waals surface area contributed by atoms with Gasteiger partial charge >= 0.3 is 0 Å². The predicted octanol–water partition coefficient (Wildman–Crippen LogP) is 3.12. The van der Waals surface area contributed by atoms with Crippen molar-refractivity contribution in [1.82, 2.24) is 5.32 Å². The number of hydrogen-bond acceptors (Lipinski definition) is 3. The Balaban J connectivity index is 2.14. The summed E-state index contributed by atoms with van der Waals surface area (Å²) in [6, 6.07) is 2.10. The van der Waals surface area contributed by atoms with Gasteiger partial charge in [-0.05, 0) is 50.2 Å². The van der Waals surface area contributed by atoms with Gasteiger partial charge in [0, 0.05) is 11.4 Å². The first-order valence-electron chi connectivity index (χ1n) is 7.60. The van der Waals surface area contributed by atoms with Crippen LogP contribution in [0.15, 0.2) is 6.07 Å². The third-order valence-electron chi connectivity index (χ3n) is 4.57. The third kappa shape index (κ3) is 3.23. The highest BCUT2D eigenvalue weighted by Gasteiger charge is 2.29. The normalized spacial score (nSPS) is 18.2. The van der Waals surface area contributed by atoms with Crippen molar-refractivity contribution >= 4 is 17.2 Å². The number of amides is 1. The van der Waals surface area contributed by atoms with E-state index in [9.17, 15) is 4.79 Å². The Kier molecular flexibility index (Phi) is 4.86. The van der Waals surface area contributed by atoms with Crippen LogP contribution in [-0.4, -0.2) is 18.0 Å². The van der Waals surface area contributed by atoms with Crippen LogP contribution in [0.1, 0.15) is 60.1 Å². The van der Waals surface area contributed by atoms with E-state index in [1.165, 1.54) is 29.7 Å². The van der Waals surface area contributed by atoms with Crippen LogP contribution in [0, 0.1) is 5.92 Å². The van der Waals surface area contributed by atoms with Crippen molar-refractivity contribution in [3.8, 4) is 0 Å². The summed E-state index contributed by atoms with van der Waals surface area (Å²) in [6.07, 6.45) is 6.06. The minimum atomic E-state index is -0.335. The zero-order valence-corrected chi connectivity index (χ0v) is 13.6. The lowest BCUT2D eigenvalue weighted by Gasteiger charge is -2.33. The van der Waals surface area contributed by atoms with Gasteiger partial charge in [0.2, 0.25) is 0 Å². The first-order valence-corrected chi connectivity index (χ1v) is 8.42. The van der Waals surface area contributed by atoms with Gasteiger partial charge in [0.25, 0.3) is 5.91 Å². The predicted molar refractivity (Wildman–Crippen MR) is 85.3 cm³/mol. The second-order valence-corrected chi connectivity index (χ2v) is 7.49. The number of thiophene rings is 1. The molecule has 1 aromatic heterocycles. The van der Waals surface area contributed by atoms with E-state index in [1.807, 2.05) is 6.92 Å². The van der Waals surface area contributed by atoms with E-state index in [2.05, 4.69) is 25.2 Å². The molecule has 1 amide bonds. The molecule has 4 heteroatoms. The van der Waals surface area contributed by atoms with Gasteiger partial charge in [-0.25, -0.2) is 0 Å². The molecule has 0 spiro atoms. The standard InChI is InChI=1S/C16H26N2OS/c1-11(2)16(3,10-17)18-15(19)14-9-12-7-5-4-6-8-13(12)20-14/h9,11H,4-8,10,17H2,1-3H3,(H,18,19). The number of hydrogen-bond donors (Lipinski definition) is 2. The molecule has 1 aliphatic carbocycles. The molecule has 3 nitrogen and oxygen atoms in total. The second kappa shape index (κ2) is 6.27. The summed E-state index contributed by atoms with van der Waals surface area (Å²) in [5.41, 5.74) is 6.89. The number of carbonyl (C=O) groups is 1. The molecule has 1 heterocycles. The Labute approximate surface area is 125 Å². The molecule has 0 saturated heterocycles. The van der Waals surface area contributed by atoms with Crippen LogP contribution in [0.25, 0.3) is 0 Å². The molecule has 1 aromatic rings. The largest absolute Gasteiger partial charge is 0.345 e. The van der Waals surface area contributed by atoms with Crippen molar-refractivity contribution in [2.75, 3.05) is 6.54 Å². The monoisotopic (exact) mass is 294 g/mol. The number of aryl methyl sites for hydroxylation is 2. The van der Waals surface area contributed by atoms with Crippen molar-refractivity contribution in [2.45, 2.75) is 58.4 Å². The maximum atomic E-state index is 12.5. The highest BCUT2D eigenvalue weighted by Crippen LogP contribution is 2.29. The highest BCUT2D eigenvalue weighted by atomic mass is 32.1. The molecule has 2 rings (SSSR count). The van der Waals surface area contributed by atoms with Gasteiger partial charge in [-0.2, -0.15) is 0 Å². The lowest BCUT2D eigenvalue weighted by atomic mass is 9.88. The summed E-state index contributed by atoms with van der Waals surface area (Å²) in [6.45, 7) is 6.67. The van der Waals surface area contributed by atoms with Gasteiger partial charge in [0.05, 0.1) is 10.4 Å². The number of nitrogens with one attached hydrogen (secondary N) is 1. The van der Waals surface area contributed by atoms with E-state index >= 15 is 0 Å². The molecular formula is C16H26N2OS. The Morgan fingerprint density at radius 3 is 2.75 bits per heavy atom.